The van der Waals surface area contributed by atoms with E-state index in [1.54, 1.807) is 18.2 Å². The van der Waals surface area contributed by atoms with Gasteiger partial charge in [-0.2, -0.15) is 5.06 Å². The Labute approximate surface area is 184 Å². The second-order valence-corrected chi connectivity index (χ2v) is 6.99. The molecular weight excluding hydrogens is 434 g/mol. The van der Waals surface area contributed by atoms with Crippen LogP contribution in [-0.2, 0) is 21.0 Å². The van der Waals surface area contributed by atoms with Gasteiger partial charge >= 0.3 is 0 Å². The molecular formula is C20H21Cl2FN4O3. The fourth-order valence-electron chi connectivity index (χ4n) is 2.61. The van der Waals surface area contributed by atoms with Gasteiger partial charge in [0.05, 0.1) is 22.7 Å². The van der Waals surface area contributed by atoms with Crippen LogP contribution in [0.5, 0.6) is 0 Å². The van der Waals surface area contributed by atoms with Crippen molar-refractivity contribution in [3.05, 3.63) is 70.6 Å². The van der Waals surface area contributed by atoms with Crippen LogP contribution in [0.1, 0.15) is 18.9 Å². The third kappa shape index (κ3) is 6.50. The number of amides is 2. The molecule has 0 fully saturated rings. The molecule has 2 amide bonds. The normalized spacial score (nSPS) is 11.6. The number of carbonyl (C=O) groups is 2. The van der Waals surface area contributed by atoms with E-state index in [9.17, 15) is 14.0 Å². The van der Waals surface area contributed by atoms with Crippen molar-refractivity contribution in [2.75, 3.05) is 11.7 Å². The van der Waals surface area contributed by atoms with E-state index < -0.39 is 11.9 Å². The van der Waals surface area contributed by atoms with Crippen LogP contribution in [0, 0.1) is 5.82 Å². The minimum atomic E-state index is -0.548. The molecule has 0 aliphatic rings. The summed E-state index contributed by atoms with van der Waals surface area (Å²) in [5.41, 5.74) is 3.43. The Hall–Kier alpha value is -2.52. The van der Waals surface area contributed by atoms with Crippen molar-refractivity contribution in [2.24, 2.45) is 0 Å². The van der Waals surface area contributed by atoms with Crippen molar-refractivity contribution in [3.8, 4) is 0 Å². The molecule has 1 aromatic carbocycles. The Bertz CT molecular complexity index is 883. The molecule has 0 spiro atoms. The van der Waals surface area contributed by atoms with E-state index in [4.69, 9.17) is 28.0 Å². The highest BCUT2D eigenvalue weighted by Gasteiger charge is 2.23. The highest BCUT2D eigenvalue weighted by atomic mass is 35.5. The summed E-state index contributed by atoms with van der Waals surface area (Å²) in [6.07, 6.45) is 3.82. The van der Waals surface area contributed by atoms with Crippen molar-refractivity contribution < 1.29 is 18.8 Å². The van der Waals surface area contributed by atoms with Gasteiger partial charge < -0.3 is 0 Å². The van der Waals surface area contributed by atoms with Crippen molar-refractivity contribution in [3.63, 3.8) is 0 Å². The summed E-state index contributed by atoms with van der Waals surface area (Å²) >= 11 is 11.8. The molecule has 30 heavy (non-hydrogen) atoms. The average Bonchev–Trinajstić information content (AvgIpc) is 2.72. The number of nitrogens with zero attached hydrogens (tertiary/aromatic N) is 3. The molecule has 1 aromatic heterocycles. The molecule has 0 unspecified atom stereocenters. The molecule has 0 bridgehead atoms. The van der Waals surface area contributed by atoms with Crippen LogP contribution < -0.4 is 10.5 Å². The van der Waals surface area contributed by atoms with Gasteiger partial charge in [-0.15, -0.1) is 6.58 Å². The van der Waals surface area contributed by atoms with Gasteiger partial charge in [-0.05, 0) is 30.2 Å². The van der Waals surface area contributed by atoms with Gasteiger partial charge in [0, 0.05) is 19.7 Å². The first kappa shape index (κ1) is 23.8. The van der Waals surface area contributed by atoms with Crippen LogP contribution >= 0.6 is 23.2 Å². The van der Waals surface area contributed by atoms with Gasteiger partial charge in [0.1, 0.15) is 5.82 Å². The van der Waals surface area contributed by atoms with Crippen molar-refractivity contribution in [2.45, 2.75) is 25.9 Å². The number of aromatic nitrogens is 1. The Balaban J connectivity index is 2.10. The van der Waals surface area contributed by atoms with E-state index in [0.29, 0.717) is 23.4 Å². The first-order valence-corrected chi connectivity index (χ1v) is 9.69. The van der Waals surface area contributed by atoms with Gasteiger partial charge in [-0.25, -0.2) is 14.8 Å². The third-order valence-corrected chi connectivity index (χ3v) is 4.70. The largest absolute Gasteiger partial charge is 0.276 e. The minimum Gasteiger partial charge on any atom is -0.276 e. The molecule has 2 aromatic rings. The quantitative estimate of drug-likeness (QED) is 0.316. The summed E-state index contributed by atoms with van der Waals surface area (Å²) < 4.78 is 13.6. The first-order valence-electron chi connectivity index (χ1n) is 8.93. The number of benzene rings is 1. The van der Waals surface area contributed by atoms with Crippen LogP contribution in [0.4, 0.5) is 10.2 Å². The van der Waals surface area contributed by atoms with E-state index in [2.05, 4.69) is 17.0 Å². The lowest BCUT2D eigenvalue weighted by molar-refractivity contribution is -0.137. The number of hydrazine groups is 1. The monoisotopic (exact) mass is 454 g/mol. The van der Waals surface area contributed by atoms with Crippen molar-refractivity contribution >= 4 is 41.3 Å². The van der Waals surface area contributed by atoms with Crippen LogP contribution in [-0.4, -0.2) is 35.0 Å². The number of hydrogen-bond donors (Lipinski definition) is 1. The summed E-state index contributed by atoms with van der Waals surface area (Å²) in [4.78, 5) is 33.2. The Kier molecular flexibility index (Phi) is 9.19. The van der Waals surface area contributed by atoms with Gasteiger partial charge in [-0.3, -0.25) is 19.4 Å². The molecule has 10 heteroatoms. The molecule has 0 saturated heterocycles. The molecule has 160 valence electrons. The van der Waals surface area contributed by atoms with E-state index in [1.807, 2.05) is 0 Å². The number of pyridine rings is 1. The summed E-state index contributed by atoms with van der Waals surface area (Å²) in [5, 5.41) is 2.66. The van der Waals surface area contributed by atoms with E-state index in [-0.39, 0.29) is 29.9 Å². The summed E-state index contributed by atoms with van der Waals surface area (Å²) in [5.74, 6) is -0.616. The third-order valence-electron chi connectivity index (χ3n) is 4.05. The summed E-state index contributed by atoms with van der Waals surface area (Å²) in [6, 6.07) is 7.00. The van der Waals surface area contributed by atoms with E-state index >= 15 is 0 Å². The Morgan fingerprint density at radius 1 is 1.37 bits per heavy atom. The molecule has 2 rings (SSSR count). The molecule has 0 aliphatic carbocycles. The summed E-state index contributed by atoms with van der Waals surface area (Å²) in [6.45, 7) is 5.14. The topological polar surface area (TPSA) is 74.8 Å². The molecule has 0 saturated carbocycles. The molecule has 1 atom stereocenters. The second-order valence-electron chi connectivity index (χ2n) is 6.18. The lowest BCUT2D eigenvalue weighted by Gasteiger charge is -2.31. The maximum Gasteiger partial charge on any atom is 0.239 e. The molecule has 1 N–H and O–H groups in total. The number of hydroxylamine groups is 1. The number of halogens is 3. The number of rotatable bonds is 11. The zero-order chi connectivity index (χ0) is 22.1. The van der Waals surface area contributed by atoms with Gasteiger partial charge in [-0.1, -0.05) is 41.4 Å². The molecule has 1 heterocycles. The SMILES string of the molecule is C=CC[C@@H](CON(C=O)c1ccc(Cl)cn1)N(NCc1cccc(F)c1Cl)C(C)=O. The maximum absolute atomic E-state index is 13.6. The maximum atomic E-state index is 13.6. The predicted molar refractivity (Wildman–Crippen MR) is 113 cm³/mol. The number of anilines is 1. The highest BCUT2D eigenvalue weighted by molar-refractivity contribution is 6.31. The molecule has 0 aliphatic heterocycles. The Morgan fingerprint density at radius 2 is 2.13 bits per heavy atom. The lowest BCUT2D eigenvalue weighted by Crippen LogP contribution is -2.50. The molecule has 0 radical (unpaired) electrons. The van der Waals surface area contributed by atoms with Gasteiger partial charge in [0.15, 0.2) is 5.82 Å². The minimum absolute atomic E-state index is 0.0223. The molecule has 7 nitrogen and oxygen atoms in total. The van der Waals surface area contributed by atoms with Crippen LogP contribution in [0.15, 0.2) is 49.2 Å². The number of nitrogens with one attached hydrogen (secondary N) is 1. The smallest absolute Gasteiger partial charge is 0.239 e. The van der Waals surface area contributed by atoms with Crippen molar-refractivity contribution in [1.29, 1.82) is 0 Å². The van der Waals surface area contributed by atoms with Crippen LogP contribution in [0.2, 0.25) is 10.0 Å². The Morgan fingerprint density at radius 3 is 2.73 bits per heavy atom. The zero-order valence-corrected chi connectivity index (χ0v) is 17.7. The van der Waals surface area contributed by atoms with Gasteiger partial charge in [0.2, 0.25) is 12.3 Å². The van der Waals surface area contributed by atoms with E-state index in [1.165, 1.54) is 36.3 Å². The zero-order valence-electron chi connectivity index (χ0n) is 16.2. The number of hydrogen-bond acceptors (Lipinski definition) is 5. The fraction of sp³-hybridized carbons (Fsp3) is 0.250. The van der Waals surface area contributed by atoms with Crippen LogP contribution in [0.3, 0.4) is 0 Å². The van der Waals surface area contributed by atoms with Crippen LogP contribution in [0.25, 0.3) is 0 Å². The predicted octanol–water partition coefficient (Wildman–Crippen LogP) is 3.92. The average molecular weight is 455 g/mol. The number of carbonyl (C=O) groups excluding carboxylic acids is 2. The standard InChI is InChI=1S/C20H21Cl2FN4O3/c1-3-5-17(12-30-26(13-28)19-9-8-16(21)11-24-19)27(14(2)29)25-10-15-6-4-7-18(23)20(15)22/h3-4,6-9,11,13,17,25H,1,5,10,12H2,2H3/t17-/m0/s1. The first-order chi connectivity index (χ1) is 14.4. The fourth-order valence-corrected chi connectivity index (χ4v) is 2.91. The van der Waals surface area contributed by atoms with E-state index in [0.717, 1.165) is 5.06 Å². The highest BCUT2D eigenvalue weighted by Crippen LogP contribution is 2.20. The second kappa shape index (κ2) is 11.6. The van der Waals surface area contributed by atoms with Gasteiger partial charge in [0.25, 0.3) is 0 Å². The lowest BCUT2D eigenvalue weighted by atomic mass is 10.2. The summed E-state index contributed by atoms with van der Waals surface area (Å²) in [7, 11) is 0. The van der Waals surface area contributed by atoms with Crippen molar-refractivity contribution in [1.82, 2.24) is 15.4 Å².